The molecule has 1 aliphatic rings. The zero-order chi connectivity index (χ0) is 30.1. The molecule has 8 nitrogen and oxygen atoms in total. The number of anilines is 2. The highest BCUT2D eigenvalue weighted by atomic mass is 19.4. The summed E-state index contributed by atoms with van der Waals surface area (Å²) in [4.78, 5) is 18.5. The van der Waals surface area contributed by atoms with Gasteiger partial charge in [-0.05, 0) is 76.9 Å². The third kappa shape index (κ3) is 8.86. The van der Waals surface area contributed by atoms with Crippen LogP contribution in [0, 0.1) is 0 Å². The Kier molecular flexibility index (Phi) is 9.63. The molecule has 1 aromatic heterocycles. The van der Waals surface area contributed by atoms with E-state index in [0.717, 1.165) is 48.6 Å². The molecule has 0 bridgehead atoms. The highest BCUT2D eigenvalue weighted by molar-refractivity contribution is 5.89. The van der Waals surface area contributed by atoms with E-state index in [4.69, 9.17) is 4.74 Å². The Morgan fingerprint density at radius 1 is 0.953 bits per heavy atom. The molecule has 0 saturated carbocycles. The minimum absolute atomic E-state index is 0.221. The molecule has 0 spiro atoms. The second-order valence-corrected chi connectivity index (χ2v) is 9.95. The van der Waals surface area contributed by atoms with E-state index < -0.39 is 6.36 Å². The predicted octanol–water partition coefficient (Wildman–Crippen LogP) is 6.00. The SMILES string of the molecule is O=C(NCc1cccnc1)Nc1ccc(OCCc2cc(OC(F)(F)F)ccc2-c2cccc(N3CCNCC3)c2)cc1. The molecular formula is C32H32F3N5O3. The molecule has 0 aliphatic carbocycles. The summed E-state index contributed by atoms with van der Waals surface area (Å²) in [5.41, 5.74) is 4.92. The Balaban J connectivity index is 1.23. The summed E-state index contributed by atoms with van der Waals surface area (Å²) in [5.74, 6) is 0.285. The van der Waals surface area contributed by atoms with Gasteiger partial charge in [-0.1, -0.05) is 24.3 Å². The standard InChI is InChI=1S/C32H32F3N5O3/c33-32(34,35)43-29-10-11-30(24-4-1-5-27(19-24)40-16-14-36-15-17-40)25(20-29)12-18-42-28-8-6-26(7-9-28)39-31(41)38-22-23-3-2-13-37-21-23/h1-11,13,19-21,36H,12,14-18,22H2,(H2,38,39,41). The van der Waals surface area contributed by atoms with Crippen LogP contribution in [0.3, 0.4) is 0 Å². The van der Waals surface area contributed by atoms with Gasteiger partial charge >= 0.3 is 12.4 Å². The molecule has 2 heterocycles. The fourth-order valence-corrected chi connectivity index (χ4v) is 4.82. The van der Waals surface area contributed by atoms with Gasteiger partial charge < -0.3 is 30.3 Å². The molecule has 0 radical (unpaired) electrons. The number of amides is 2. The number of halogens is 3. The summed E-state index contributed by atoms with van der Waals surface area (Å²) < 4.78 is 49.0. The summed E-state index contributed by atoms with van der Waals surface area (Å²) in [6.07, 6.45) is -1.10. The van der Waals surface area contributed by atoms with Crippen LogP contribution < -0.4 is 30.3 Å². The molecule has 0 unspecified atom stereocenters. The van der Waals surface area contributed by atoms with Crippen molar-refractivity contribution in [2.75, 3.05) is 43.0 Å². The van der Waals surface area contributed by atoms with Crippen LogP contribution in [0.5, 0.6) is 11.5 Å². The van der Waals surface area contributed by atoms with Gasteiger partial charge in [-0.2, -0.15) is 0 Å². The van der Waals surface area contributed by atoms with E-state index in [9.17, 15) is 18.0 Å². The molecule has 1 saturated heterocycles. The first-order valence-corrected chi connectivity index (χ1v) is 13.9. The van der Waals surface area contributed by atoms with Gasteiger partial charge in [-0.15, -0.1) is 13.2 Å². The van der Waals surface area contributed by atoms with Crippen molar-refractivity contribution in [2.45, 2.75) is 19.3 Å². The summed E-state index contributed by atoms with van der Waals surface area (Å²) >= 11 is 0. The molecule has 43 heavy (non-hydrogen) atoms. The van der Waals surface area contributed by atoms with Gasteiger partial charge in [0.25, 0.3) is 0 Å². The van der Waals surface area contributed by atoms with Crippen LogP contribution in [0.1, 0.15) is 11.1 Å². The summed E-state index contributed by atoms with van der Waals surface area (Å²) in [5, 5.41) is 8.87. The Morgan fingerprint density at radius 2 is 1.74 bits per heavy atom. The number of nitrogens with one attached hydrogen (secondary N) is 3. The van der Waals surface area contributed by atoms with E-state index in [-0.39, 0.29) is 18.4 Å². The number of carbonyl (C=O) groups is 1. The average Bonchev–Trinajstić information content (AvgIpc) is 3.01. The number of carbonyl (C=O) groups excluding carboxylic acids is 1. The van der Waals surface area contributed by atoms with Crippen LogP contribution in [0.2, 0.25) is 0 Å². The Hall–Kier alpha value is -4.77. The van der Waals surface area contributed by atoms with E-state index in [1.807, 2.05) is 24.3 Å². The number of nitrogens with zero attached hydrogens (tertiary/aromatic N) is 2. The number of hydrogen-bond acceptors (Lipinski definition) is 6. The number of hydrogen-bond donors (Lipinski definition) is 3. The molecule has 2 amide bonds. The van der Waals surface area contributed by atoms with Crippen molar-refractivity contribution >= 4 is 17.4 Å². The fraction of sp³-hybridized carbons (Fsp3) is 0.250. The monoisotopic (exact) mass is 591 g/mol. The summed E-state index contributed by atoms with van der Waals surface area (Å²) in [6.45, 7) is 4.12. The number of ether oxygens (including phenoxy) is 2. The molecule has 3 N–H and O–H groups in total. The number of urea groups is 1. The van der Waals surface area contributed by atoms with Gasteiger partial charge in [-0.25, -0.2) is 4.79 Å². The van der Waals surface area contributed by atoms with Gasteiger partial charge in [0.05, 0.1) is 6.61 Å². The number of aromatic nitrogens is 1. The molecule has 3 aromatic carbocycles. The number of benzene rings is 3. The maximum Gasteiger partial charge on any atom is 0.573 e. The van der Waals surface area contributed by atoms with Crippen LogP contribution in [0.25, 0.3) is 11.1 Å². The summed E-state index contributed by atoms with van der Waals surface area (Å²) in [6, 6.07) is 22.6. The second kappa shape index (κ2) is 13.9. The van der Waals surface area contributed by atoms with Crippen molar-refractivity contribution in [2.24, 2.45) is 0 Å². The Morgan fingerprint density at radius 3 is 2.49 bits per heavy atom. The minimum atomic E-state index is -4.79. The first kappa shape index (κ1) is 29.7. The van der Waals surface area contributed by atoms with Crippen LogP contribution in [0.4, 0.5) is 29.3 Å². The molecule has 5 rings (SSSR count). The van der Waals surface area contributed by atoms with E-state index in [0.29, 0.717) is 30.0 Å². The highest BCUT2D eigenvalue weighted by Crippen LogP contribution is 2.33. The molecular weight excluding hydrogens is 559 g/mol. The van der Waals surface area contributed by atoms with E-state index in [1.165, 1.54) is 12.1 Å². The normalized spacial score (nSPS) is 13.3. The van der Waals surface area contributed by atoms with Gasteiger partial charge in [-0.3, -0.25) is 4.98 Å². The Labute approximate surface area is 247 Å². The van der Waals surface area contributed by atoms with E-state index >= 15 is 0 Å². The first-order chi connectivity index (χ1) is 20.8. The van der Waals surface area contributed by atoms with Crippen molar-refractivity contribution in [3.05, 3.63) is 102 Å². The molecule has 0 atom stereocenters. The zero-order valence-corrected chi connectivity index (χ0v) is 23.4. The quantitative estimate of drug-likeness (QED) is 0.210. The van der Waals surface area contributed by atoms with E-state index in [2.05, 4.69) is 36.6 Å². The fourth-order valence-electron chi connectivity index (χ4n) is 4.82. The maximum absolute atomic E-state index is 13.0. The topological polar surface area (TPSA) is 87.8 Å². The maximum atomic E-state index is 13.0. The summed E-state index contributed by atoms with van der Waals surface area (Å²) in [7, 11) is 0. The lowest BCUT2D eigenvalue weighted by Crippen LogP contribution is -2.43. The van der Waals surface area contributed by atoms with Crippen molar-refractivity contribution in [3.63, 3.8) is 0 Å². The lowest BCUT2D eigenvalue weighted by Gasteiger charge is -2.29. The second-order valence-electron chi connectivity index (χ2n) is 9.95. The average molecular weight is 592 g/mol. The molecule has 1 aliphatic heterocycles. The minimum Gasteiger partial charge on any atom is -0.493 e. The van der Waals surface area contributed by atoms with Gasteiger partial charge in [0.15, 0.2) is 0 Å². The number of piperazine rings is 1. The smallest absolute Gasteiger partial charge is 0.493 e. The zero-order valence-electron chi connectivity index (χ0n) is 23.4. The van der Waals surface area contributed by atoms with Crippen LogP contribution in [-0.2, 0) is 13.0 Å². The largest absolute Gasteiger partial charge is 0.573 e. The Bertz CT molecular complexity index is 1490. The number of rotatable bonds is 10. The van der Waals surface area contributed by atoms with Gasteiger partial charge in [0, 0.05) is 62.9 Å². The van der Waals surface area contributed by atoms with Crippen molar-refractivity contribution in [3.8, 4) is 22.6 Å². The molecule has 11 heteroatoms. The van der Waals surface area contributed by atoms with Crippen LogP contribution in [-0.4, -0.2) is 50.2 Å². The third-order valence-electron chi connectivity index (χ3n) is 6.88. The predicted molar refractivity (Wildman–Crippen MR) is 159 cm³/mol. The molecule has 4 aromatic rings. The number of pyridine rings is 1. The van der Waals surface area contributed by atoms with Crippen LogP contribution >= 0.6 is 0 Å². The van der Waals surface area contributed by atoms with Crippen molar-refractivity contribution in [1.29, 1.82) is 0 Å². The van der Waals surface area contributed by atoms with Crippen molar-refractivity contribution in [1.82, 2.24) is 15.6 Å². The highest BCUT2D eigenvalue weighted by Gasteiger charge is 2.31. The first-order valence-electron chi connectivity index (χ1n) is 13.9. The third-order valence-corrected chi connectivity index (χ3v) is 6.88. The van der Waals surface area contributed by atoms with Gasteiger partial charge in [0.2, 0.25) is 0 Å². The van der Waals surface area contributed by atoms with E-state index in [1.54, 1.807) is 48.8 Å². The molecule has 224 valence electrons. The van der Waals surface area contributed by atoms with Crippen molar-refractivity contribution < 1.29 is 27.4 Å². The molecule has 1 fully saturated rings. The lowest BCUT2D eigenvalue weighted by molar-refractivity contribution is -0.274. The lowest BCUT2D eigenvalue weighted by atomic mass is 9.97. The number of alkyl halides is 3. The van der Waals surface area contributed by atoms with Crippen LogP contribution in [0.15, 0.2) is 91.3 Å². The van der Waals surface area contributed by atoms with Gasteiger partial charge in [0.1, 0.15) is 11.5 Å².